The Morgan fingerprint density at radius 2 is 2.04 bits per heavy atom. The normalized spacial score (nSPS) is 28.2. The molecular weight excluding hydrogens is 320 g/mol. The van der Waals surface area contributed by atoms with Gasteiger partial charge in [-0.25, -0.2) is 13.6 Å². The summed E-state index contributed by atoms with van der Waals surface area (Å²) in [4.78, 5) is 23.6. The van der Waals surface area contributed by atoms with Crippen molar-refractivity contribution in [1.29, 1.82) is 0 Å². The first-order chi connectivity index (χ1) is 11.3. The van der Waals surface area contributed by atoms with Crippen LogP contribution in [0.3, 0.4) is 0 Å². The molecule has 0 unspecified atom stereocenters. The average Bonchev–Trinajstić information content (AvgIpc) is 2.86. The van der Waals surface area contributed by atoms with E-state index in [2.05, 4.69) is 5.32 Å². The molecule has 0 spiro atoms. The molecule has 130 valence electrons. The van der Waals surface area contributed by atoms with Crippen LogP contribution in [0, 0.1) is 17.6 Å². The van der Waals surface area contributed by atoms with E-state index >= 15 is 0 Å². The summed E-state index contributed by atoms with van der Waals surface area (Å²) in [6, 6.07) is 3.32. The number of carboxylic acid groups (broad SMARTS) is 1. The summed E-state index contributed by atoms with van der Waals surface area (Å²) in [5, 5.41) is 11.9. The number of aliphatic carboxylic acids is 1. The fraction of sp³-hybridized carbons (Fsp3) is 0.529. The Hall–Kier alpha value is -2.02. The van der Waals surface area contributed by atoms with Crippen LogP contribution in [0.1, 0.15) is 38.2 Å². The minimum absolute atomic E-state index is 0.254. The zero-order valence-electron chi connectivity index (χ0n) is 13.2. The molecule has 2 fully saturated rings. The Kier molecular flexibility index (Phi) is 4.29. The minimum atomic E-state index is -1.10. The molecule has 24 heavy (non-hydrogen) atoms. The topological polar surface area (TPSA) is 75.6 Å². The van der Waals surface area contributed by atoms with E-state index in [1.807, 2.05) is 0 Å². The number of nitrogens with one attached hydrogen (secondary N) is 1. The predicted octanol–water partition coefficient (Wildman–Crippen LogP) is 2.34. The summed E-state index contributed by atoms with van der Waals surface area (Å²) in [6.45, 7) is 1.71. The number of benzene rings is 1. The van der Waals surface area contributed by atoms with Gasteiger partial charge in [-0.15, -0.1) is 0 Å². The maximum absolute atomic E-state index is 14.1. The lowest BCUT2D eigenvalue weighted by Gasteiger charge is -2.43. The number of carbonyl (C=O) groups is 2. The number of amides is 1. The highest BCUT2D eigenvalue weighted by Crippen LogP contribution is 2.43. The van der Waals surface area contributed by atoms with E-state index in [0.717, 1.165) is 12.5 Å². The Labute approximate surface area is 138 Å². The van der Waals surface area contributed by atoms with E-state index in [1.54, 1.807) is 6.92 Å². The molecule has 3 rings (SSSR count). The van der Waals surface area contributed by atoms with Crippen molar-refractivity contribution in [3.05, 3.63) is 35.4 Å². The summed E-state index contributed by atoms with van der Waals surface area (Å²) < 4.78 is 32.6. The second-order valence-corrected chi connectivity index (χ2v) is 6.65. The fourth-order valence-corrected chi connectivity index (χ4v) is 3.48. The van der Waals surface area contributed by atoms with Crippen LogP contribution < -0.4 is 5.32 Å². The maximum Gasteiger partial charge on any atom is 0.333 e. The van der Waals surface area contributed by atoms with Gasteiger partial charge in [0.25, 0.3) is 0 Å². The van der Waals surface area contributed by atoms with Gasteiger partial charge >= 0.3 is 5.97 Å². The Bertz CT molecular complexity index is 675. The number of hydrogen-bond acceptors (Lipinski definition) is 3. The molecule has 1 aromatic rings. The highest BCUT2D eigenvalue weighted by Gasteiger charge is 2.46. The van der Waals surface area contributed by atoms with Crippen molar-refractivity contribution in [2.75, 3.05) is 0 Å². The molecule has 1 amide bonds. The molecule has 1 aliphatic carbocycles. The molecule has 1 saturated carbocycles. The molecule has 2 aliphatic rings. The highest BCUT2D eigenvalue weighted by atomic mass is 19.1. The second kappa shape index (κ2) is 6.12. The van der Waals surface area contributed by atoms with Crippen molar-refractivity contribution < 1.29 is 28.2 Å². The van der Waals surface area contributed by atoms with Crippen LogP contribution in [0.4, 0.5) is 8.78 Å². The molecule has 1 saturated heterocycles. The smallest absolute Gasteiger partial charge is 0.333 e. The summed E-state index contributed by atoms with van der Waals surface area (Å²) in [5.74, 6) is -3.19. The Morgan fingerprint density at radius 3 is 2.54 bits per heavy atom. The zero-order valence-corrected chi connectivity index (χ0v) is 13.2. The van der Waals surface area contributed by atoms with Crippen LogP contribution >= 0.6 is 0 Å². The summed E-state index contributed by atoms with van der Waals surface area (Å²) in [5.41, 5.74) is -0.618. The van der Waals surface area contributed by atoms with Crippen molar-refractivity contribution in [3.63, 3.8) is 0 Å². The van der Waals surface area contributed by atoms with Crippen LogP contribution in [0.15, 0.2) is 18.2 Å². The van der Waals surface area contributed by atoms with Crippen LogP contribution in [0.5, 0.6) is 0 Å². The van der Waals surface area contributed by atoms with Crippen LogP contribution in [-0.4, -0.2) is 29.2 Å². The second-order valence-electron chi connectivity index (χ2n) is 6.65. The van der Waals surface area contributed by atoms with Crippen molar-refractivity contribution in [2.24, 2.45) is 5.92 Å². The molecule has 3 atom stereocenters. The fourth-order valence-electron chi connectivity index (χ4n) is 3.48. The van der Waals surface area contributed by atoms with Crippen molar-refractivity contribution in [1.82, 2.24) is 5.32 Å². The average molecular weight is 339 g/mol. The molecule has 0 aromatic heterocycles. The van der Waals surface area contributed by atoms with E-state index in [1.165, 1.54) is 12.1 Å². The summed E-state index contributed by atoms with van der Waals surface area (Å²) in [7, 11) is 0. The quantitative estimate of drug-likeness (QED) is 0.883. The lowest BCUT2D eigenvalue weighted by molar-refractivity contribution is -0.153. The van der Waals surface area contributed by atoms with Gasteiger partial charge in [0.2, 0.25) is 5.91 Å². The first-order valence-electron chi connectivity index (χ1n) is 7.98. The van der Waals surface area contributed by atoms with E-state index in [9.17, 15) is 18.4 Å². The van der Waals surface area contributed by atoms with Gasteiger partial charge in [0.05, 0.1) is 5.54 Å². The number of hydrogen-bond donors (Lipinski definition) is 2. The molecule has 0 radical (unpaired) electrons. The number of carboxylic acids is 1. The molecule has 5 nitrogen and oxygen atoms in total. The van der Waals surface area contributed by atoms with Gasteiger partial charge in [-0.1, -0.05) is 13.0 Å². The Balaban J connectivity index is 1.76. The van der Waals surface area contributed by atoms with E-state index in [-0.39, 0.29) is 11.5 Å². The molecule has 1 aromatic carbocycles. The van der Waals surface area contributed by atoms with Gasteiger partial charge in [-0.3, -0.25) is 4.79 Å². The van der Waals surface area contributed by atoms with Gasteiger partial charge < -0.3 is 15.2 Å². The zero-order chi connectivity index (χ0) is 17.5. The maximum atomic E-state index is 14.1. The molecule has 1 heterocycles. The van der Waals surface area contributed by atoms with Gasteiger partial charge in [0.15, 0.2) is 6.10 Å². The van der Waals surface area contributed by atoms with Crippen molar-refractivity contribution in [3.8, 4) is 0 Å². The Morgan fingerprint density at radius 1 is 1.33 bits per heavy atom. The van der Waals surface area contributed by atoms with Crippen LogP contribution in [0.25, 0.3) is 0 Å². The number of carbonyl (C=O) groups excluding carboxylic acids is 1. The molecule has 2 N–H and O–H groups in total. The van der Waals surface area contributed by atoms with Gasteiger partial charge in [-0.05, 0) is 37.7 Å². The predicted molar refractivity (Wildman–Crippen MR) is 80.1 cm³/mol. The van der Waals surface area contributed by atoms with Gasteiger partial charge in [0.1, 0.15) is 17.7 Å². The first kappa shape index (κ1) is 16.8. The molecule has 7 heteroatoms. The third-order valence-corrected chi connectivity index (χ3v) is 4.97. The SMILES string of the molecule is C[C@@H]1C[C@H](C(=O)NC2(c3ccc(F)cc3F)CCC2)O[C@H]1C(=O)O. The third-order valence-electron chi connectivity index (χ3n) is 4.97. The lowest BCUT2D eigenvalue weighted by atomic mass is 9.71. The van der Waals surface area contributed by atoms with E-state index < -0.39 is 41.3 Å². The van der Waals surface area contributed by atoms with Gasteiger partial charge in [-0.2, -0.15) is 0 Å². The monoisotopic (exact) mass is 339 g/mol. The third kappa shape index (κ3) is 2.88. The highest BCUT2D eigenvalue weighted by molar-refractivity contribution is 5.83. The summed E-state index contributed by atoms with van der Waals surface area (Å²) >= 11 is 0. The number of halogens is 2. The summed E-state index contributed by atoms with van der Waals surface area (Å²) in [6.07, 6.45) is 0.321. The van der Waals surface area contributed by atoms with Crippen molar-refractivity contribution in [2.45, 2.75) is 50.4 Å². The van der Waals surface area contributed by atoms with Crippen LogP contribution in [-0.2, 0) is 19.9 Å². The largest absolute Gasteiger partial charge is 0.479 e. The molecule has 0 bridgehead atoms. The standard InChI is InChI=1S/C17H19F2NO4/c1-9-7-13(24-14(9)16(22)23)15(21)20-17(5-2-6-17)11-4-3-10(18)8-12(11)19/h3-4,8-9,13-14H,2,5-7H2,1H3,(H,20,21)(H,22,23)/t9-,13-,14-/m1/s1. The van der Waals surface area contributed by atoms with E-state index in [4.69, 9.17) is 9.84 Å². The lowest BCUT2D eigenvalue weighted by Crippen LogP contribution is -2.54. The van der Waals surface area contributed by atoms with Crippen molar-refractivity contribution >= 4 is 11.9 Å². The van der Waals surface area contributed by atoms with Gasteiger partial charge in [0, 0.05) is 11.6 Å². The number of rotatable bonds is 4. The first-order valence-corrected chi connectivity index (χ1v) is 7.98. The molecule has 1 aliphatic heterocycles. The number of ether oxygens (including phenoxy) is 1. The minimum Gasteiger partial charge on any atom is -0.479 e. The van der Waals surface area contributed by atoms with Crippen LogP contribution in [0.2, 0.25) is 0 Å². The van der Waals surface area contributed by atoms with E-state index in [0.29, 0.717) is 19.3 Å². The molecular formula is C17H19F2NO4.